The zero-order valence-electron chi connectivity index (χ0n) is 9.03. The Balaban J connectivity index is 2.10. The van der Waals surface area contributed by atoms with Gasteiger partial charge in [-0.05, 0) is 45.2 Å². The summed E-state index contributed by atoms with van der Waals surface area (Å²) in [5, 5.41) is 5.25. The van der Waals surface area contributed by atoms with Crippen LogP contribution in [-0.4, -0.2) is 6.61 Å². The molecular weight excluding hydrogens is 304 g/mol. The number of thiophene rings is 2. The number of unbranched alkanes of at least 4 members (excludes halogenated alkanes) is 1. The SMILES string of the molecule is CCCCOc1sc(-c2ccsc2)cc1Br. The van der Waals surface area contributed by atoms with Gasteiger partial charge in [0.1, 0.15) is 0 Å². The predicted octanol–water partition coefficient (Wildman–Crippen LogP) is 5.42. The maximum atomic E-state index is 5.73. The van der Waals surface area contributed by atoms with Crippen molar-refractivity contribution in [3.63, 3.8) is 0 Å². The summed E-state index contributed by atoms with van der Waals surface area (Å²) in [6.07, 6.45) is 2.28. The molecule has 2 rings (SSSR count). The molecule has 1 nitrogen and oxygen atoms in total. The van der Waals surface area contributed by atoms with Crippen molar-refractivity contribution in [2.45, 2.75) is 19.8 Å². The third kappa shape index (κ3) is 2.87. The molecule has 0 aliphatic carbocycles. The summed E-state index contributed by atoms with van der Waals surface area (Å²) < 4.78 is 6.80. The van der Waals surface area contributed by atoms with Crippen molar-refractivity contribution in [2.75, 3.05) is 6.61 Å². The van der Waals surface area contributed by atoms with Gasteiger partial charge in [0.2, 0.25) is 0 Å². The van der Waals surface area contributed by atoms with Crippen molar-refractivity contribution in [1.82, 2.24) is 0 Å². The van der Waals surface area contributed by atoms with Gasteiger partial charge in [-0.2, -0.15) is 11.3 Å². The van der Waals surface area contributed by atoms with Gasteiger partial charge in [0.25, 0.3) is 0 Å². The van der Waals surface area contributed by atoms with Gasteiger partial charge in [0, 0.05) is 10.4 Å². The van der Waals surface area contributed by atoms with E-state index in [4.69, 9.17) is 4.74 Å². The average molecular weight is 317 g/mol. The fourth-order valence-electron chi connectivity index (χ4n) is 1.31. The molecule has 4 heteroatoms. The molecule has 2 aromatic rings. The summed E-state index contributed by atoms with van der Waals surface area (Å²) in [5.74, 6) is 0. The monoisotopic (exact) mass is 316 g/mol. The first-order chi connectivity index (χ1) is 7.81. The standard InChI is InChI=1S/C12H13BrOS2/c1-2-3-5-14-12-10(13)7-11(16-12)9-4-6-15-8-9/h4,6-8H,2-3,5H2,1H3. The zero-order chi connectivity index (χ0) is 11.4. The molecule has 0 spiro atoms. The Morgan fingerprint density at radius 3 is 3.00 bits per heavy atom. The van der Waals surface area contributed by atoms with Gasteiger partial charge >= 0.3 is 0 Å². The van der Waals surface area contributed by atoms with E-state index in [1.807, 2.05) is 0 Å². The first-order valence-electron chi connectivity index (χ1n) is 5.26. The van der Waals surface area contributed by atoms with E-state index in [0.29, 0.717) is 0 Å². The topological polar surface area (TPSA) is 9.23 Å². The number of rotatable bonds is 5. The van der Waals surface area contributed by atoms with Crippen molar-refractivity contribution in [2.24, 2.45) is 0 Å². The van der Waals surface area contributed by atoms with E-state index in [2.05, 4.69) is 45.7 Å². The van der Waals surface area contributed by atoms with Crippen molar-refractivity contribution < 1.29 is 4.74 Å². The highest BCUT2D eigenvalue weighted by Gasteiger charge is 2.09. The molecule has 0 radical (unpaired) electrons. The minimum Gasteiger partial charge on any atom is -0.483 e. The second kappa shape index (κ2) is 5.84. The average Bonchev–Trinajstić information content (AvgIpc) is 2.88. The number of halogens is 1. The van der Waals surface area contributed by atoms with Gasteiger partial charge in [0.05, 0.1) is 11.1 Å². The summed E-state index contributed by atoms with van der Waals surface area (Å²) in [7, 11) is 0. The Kier molecular flexibility index (Phi) is 4.44. The van der Waals surface area contributed by atoms with E-state index >= 15 is 0 Å². The Labute approximate surface area is 112 Å². The zero-order valence-corrected chi connectivity index (χ0v) is 12.3. The van der Waals surface area contributed by atoms with Gasteiger partial charge in [-0.1, -0.05) is 24.7 Å². The highest BCUT2D eigenvalue weighted by Crippen LogP contribution is 2.41. The van der Waals surface area contributed by atoms with Crippen molar-refractivity contribution in [3.05, 3.63) is 27.4 Å². The van der Waals surface area contributed by atoms with Crippen LogP contribution in [0.25, 0.3) is 10.4 Å². The third-order valence-corrected chi connectivity index (χ3v) is 4.82. The van der Waals surface area contributed by atoms with Crippen LogP contribution in [0.15, 0.2) is 27.4 Å². The molecule has 0 aliphatic rings. The lowest BCUT2D eigenvalue weighted by molar-refractivity contribution is 0.316. The molecule has 0 atom stereocenters. The largest absolute Gasteiger partial charge is 0.483 e. The molecule has 0 saturated heterocycles. The van der Waals surface area contributed by atoms with Crippen molar-refractivity contribution in [1.29, 1.82) is 0 Å². The summed E-state index contributed by atoms with van der Waals surface area (Å²) in [6.45, 7) is 2.97. The lowest BCUT2D eigenvalue weighted by atomic mass is 10.3. The second-order valence-corrected chi connectivity index (χ2v) is 6.11. The van der Waals surface area contributed by atoms with Gasteiger partial charge in [-0.15, -0.1) is 0 Å². The highest BCUT2D eigenvalue weighted by atomic mass is 79.9. The number of hydrogen-bond acceptors (Lipinski definition) is 3. The molecule has 0 aliphatic heterocycles. The maximum absolute atomic E-state index is 5.73. The summed E-state index contributed by atoms with van der Waals surface area (Å²) in [4.78, 5) is 1.26. The molecule has 0 fully saturated rings. The van der Waals surface area contributed by atoms with Crippen LogP contribution in [0.1, 0.15) is 19.8 Å². The van der Waals surface area contributed by atoms with E-state index in [-0.39, 0.29) is 0 Å². The quantitative estimate of drug-likeness (QED) is 0.669. The molecular formula is C12H13BrOS2. The molecule has 2 aromatic heterocycles. The molecule has 0 amide bonds. The van der Waals surface area contributed by atoms with Crippen molar-refractivity contribution >= 4 is 38.6 Å². The molecule has 0 unspecified atom stereocenters. The van der Waals surface area contributed by atoms with Crippen LogP contribution < -0.4 is 4.74 Å². The van der Waals surface area contributed by atoms with Crippen LogP contribution in [0.2, 0.25) is 0 Å². The van der Waals surface area contributed by atoms with E-state index < -0.39 is 0 Å². The van der Waals surface area contributed by atoms with Crippen LogP contribution >= 0.6 is 38.6 Å². The molecule has 86 valence electrons. The van der Waals surface area contributed by atoms with Gasteiger partial charge in [-0.25, -0.2) is 0 Å². The first kappa shape index (κ1) is 12.1. The minimum absolute atomic E-state index is 0.804. The fraction of sp³-hybridized carbons (Fsp3) is 0.333. The maximum Gasteiger partial charge on any atom is 0.188 e. The van der Waals surface area contributed by atoms with Crippen LogP contribution in [0.4, 0.5) is 0 Å². The number of ether oxygens (including phenoxy) is 1. The molecule has 2 heterocycles. The summed E-state index contributed by atoms with van der Waals surface area (Å²) >= 11 is 6.97. The summed E-state index contributed by atoms with van der Waals surface area (Å²) in [5.41, 5.74) is 1.28. The van der Waals surface area contributed by atoms with E-state index in [0.717, 1.165) is 22.6 Å². The van der Waals surface area contributed by atoms with Gasteiger partial charge in [-0.3, -0.25) is 0 Å². The van der Waals surface area contributed by atoms with Crippen LogP contribution in [0.3, 0.4) is 0 Å². The van der Waals surface area contributed by atoms with E-state index in [1.54, 1.807) is 22.7 Å². The highest BCUT2D eigenvalue weighted by molar-refractivity contribution is 9.10. The second-order valence-electron chi connectivity index (χ2n) is 3.46. The molecule has 16 heavy (non-hydrogen) atoms. The Morgan fingerprint density at radius 1 is 1.44 bits per heavy atom. The first-order valence-corrected chi connectivity index (χ1v) is 7.81. The molecule has 0 bridgehead atoms. The summed E-state index contributed by atoms with van der Waals surface area (Å²) in [6, 6.07) is 4.27. The smallest absolute Gasteiger partial charge is 0.188 e. The van der Waals surface area contributed by atoms with Gasteiger partial charge in [0.15, 0.2) is 5.06 Å². The molecule has 0 aromatic carbocycles. The Hall–Kier alpha value is -0.320. The normalized spacial score (nSPS) is 10.6. The molecule has 0 saturated carbocycles. The lowest BCUT2D eigenvalue weighted by Gasteiger charge is -2.01. The van der Waals surface area contributed by atoms with Crippen LogP contribution in [-0.2, 0) is 0 Å². The van der Waals surface area contributed by atoms with E-state index in [1.165, 1.54) is 16.9 Å². The lowest BCUT2D eigenvalue weighted by Crippen LogP contribution is -1.94. The number of hydrogen-bond donors (Lipinski definition) is 0. The molecule has 0 N–H and O–H groups in total. The van der Waals surface area contributed by atoms with Crippen molar-refractivity contribution in [3.8, 4) is 15.5 Å². The Bertz CT molecular complexity index is 434. The van der Waals surface area contributed by atoms with Gasteiger partial charge < -0.3 is 4.74 Å². The van der Waals surface area contributed by atoms with Crippen LogP contribution in [0, 0.1) is 0 Å². The van der Waals surface area contributed by atoms with E-state index in [9.17, 15) is 0 Å². The van der Waals surface area contributed by atoms with Crippen LogP contribution in [0.5, 0.6) is 5.06 Å². The fourth-order valence-corrected chi connectivity index (χ4v) is 3.69. The third-order valence-electron chi connectivity index (χ3n) is 2.19. The minimum atomic E-state index is 0.804. The predicted molar refractivity (Wildman–Crippen MR) is 75.7 cm³/mol. The Morgan fingerprint density at radius 2 is 2.31 bits per heavy atom.